The van der Waals surface area contributed by atoms with Gasteiger partial charge in [0.15, 0.2) is 0 Å². The van der Waals surface area contributed by atoms with Gasteiger partial charge in [0.05, 0.1) is 9.75 Å². The molecule has 110 valence electrons. The van der Waals surface area contributed by atoms with Crippen LogP contribution < -0.4 is 10.8 Å². The van der Waals surface area contributed by atoms with E-state index in [0.717, 1.165) is 29.5 Å². The van der Waals surface area contributed by atoms with Crippen molar-refractivity contribution in [3.8, 4) is 0 Å². The van der Waals surface area contributed by atoms with Crippen LogP contribution in [-0.2, 0) is 6.54 Å². The molecule has 0 saturated carbocycles. The van der Waals surface area contributed by atoms with Crippen LogP contribution in [0.2, 0.25) is 0 Å². The molecule has 0 atom stereocenters. The molecule has 21 heavy (non-hydrogen) atoms. The number of carbonyl (C=O) groups excluding carboxylic acids is 2. The molecule has 1 heterocycles. The first-order valence-electron chi connectivity index (χ1n) is 5.77. The first-order valence-corrected chi connectivity index (χ1v) is 6.58. The minimum absolute atomic E-state index is 0.0487. The minimum atomic E-state index is -0.725. The predicted molar refractivity (Wildman–Crippen MR) is 71.1 cm³/mol. The monoisotopic (exact) mass is 312 g/mol. The predicted octanol–water partition coefficient (Wildman–Crippen LogP) is 2.08. The van der Waals surface area contributed by atoms with Crippen LogP contribution in [0.4, 0.5) is 8.78 Å². The van der Waals surface area contributed by atoms with E-state index in [1.54, 1.807) is 0 Å². The Hall–Kier alpha value is -2.32. The Morgan fingerprint density at radius 3 is 2.19 bits per heavy atom. The summed E-state index contributed by atoms with van der Waals surface area (Å²) in [5.74, 6) is -2.65. The highest BCUT2D eigenvalue weighted by Gasteiger charge is 2.13. The van der Waals surface area contributed by atoms with Gasteiger partial charge >= 0.3 is 0 Å². The molecule has 3 N–H and O–H groups in total. The first kappa shape index (κ1) is 15.1. The molecule has 0 aliphatic carbocycles. The Morgan fingerprint density at radius 2 is 1.62 bits per heavy atom. The number of nitrogens with one attached hydrogen (secondary N) is 2. The van der Waals surface area contributed by atoms with Crippen LogP contribution in [0, 0.1) is 11.6 Å². The largest absolute Gasteiger partial charge is 0.347 e. The maximum atomic E-state index is 13.0. The van der Waals surface area contributed by atoms with Gasteiger partial charge in [-0.1, -0.05) is 0 Å². The fourth-order valence-electron chi connectivity index (χ4n) is 1.62. The summed E-state index contributed by atoms with van der Waals surface area (Å²) in [6.45, 7) is -0.0487. The van der Waals surface area contributed by atoms with E-state index in [-0.39, 0.29) is 21.9 Å². The van der Waals surface area contributed by atoms with Crippen molar-refractivity contribution in [3.05, 3.63) is 57.3 Å². The third-order valence-electron chi connectivity index (χ3n) is 2.53. The lowest BCUT2D eigenvalue weighted by molar-refractivity contribution is 0.0711. The van der Waals surface area contributed by atoms with Crippen molar-refractivity contribution >= 4 is 23.2 Å². The molecule has 0 unspecified atom stereocenters. The summed E-state index contributed by atoms with van der Waals surface area (Å²) in [6.07, 6.45) is 0. The molecule has 0 aliphatic rings. The maximum absolute atomic E-state index is 13.0. The second-order valence-corrected chi connectivity index (χ2v) is 5.15. The Kier molecular flexibility index (Phi) is 4.61. The van der Waals surface area contributed by atoms with E-state index >= 15 is 0 Å². The fraction of sp³-hybridized carbons (Fsp3) is 0.0769. The summed E-state index contributed by atoms with van der Waals surface area (Å²) in [4.78, 5) is 23.4. The summed E-state index contributed by atoms with van der Waals surface area (Å²) < 4.78 is 26.0. The van der Waals surface area contributed by atoms with E-state index in [1.165, 1.54) is 17.6 Å². The van der Waals surface area contributed by atoms with Crippen LogP contribution in [-0.4, -0.2) is 17.0 Å². The van der Waals surface area contributed by atoms with Gasteiger partial charge < -0.3 is 5.32 Å². The smallest absolute Gasteiger partial charge is 0.284 e. The van der Waals surface area contributed by atoms with Crippen molar-refractivity contribution < 1.29 is 23.6 Å². The van der Waals surface area contributed by atoms with Gasteiger partial charge in [-0.3, -0.25) is 14.8 Å². The molecule has 2 amide bonds. The van der Waals surface area contributed by atoms with Crippen molar-refractivity contribution in [2.24, 2.45) is 0 Å². The van der Waals surface area contributed by atoms with Crippen LogP contribution in [0.15, 0.2) is 30.3 Å². The molecule has 0 fully saturated rings. The Labute approximate surface area is 122 Å². The molecule has 5 nitrogen and oxygen atoms in total. The van der Waals surface area contributed by atoms with Crippen molar-refractivity contribution in [2.75, 3.05) is 0 Å². The first-order chi connectivity index (χ1) is 9.99. The van der Waals surface area contributed by atoms with E-state index in [0.29, 0.717) is 0 Å². The topological polar surface area (TPSA) is 78.4 Å². The van der Waals surface area contributed by atoms with Crippen LogP contribution in [0.1, 0.15) is 24.9 Å². The van der Waals surface area contributed by atoms with E-state index in [1.807, 2.05) is 0 Å². The molecule has 0 radical (unpaired) electrons. The molecular formula is C13H10F2N2O3S. The van der Waals surface area contributed by atoms with Gasteiger partial charge in [0.2, 0.25) is 0 Å². The van der Waals surface area contributed by atoms with E-state index in [9.17, 15) is 18.4 Å². The van der Waals surface area contributed by atoms with Crippen LogP contribution in [0.25, 0.3) is 0 Å². The average molecular weight is 312 g/mol. The molecule has 0 aliphatic heterocycles. The minimum Gasteiger partial charge on any atom is -0.347 e. The number of hydroxylamine groups is 1. The number of benzene rings is 1. The van der Waals surface area contributed by atoms with E-state index in [2.05, 4.69) is 5.32 Å². The van der Waals surface area contributed by atoms with Crippen LogP contribution in [0.3, 0.4) is 0 Å². The SMILES string of the molecule is O=C(NO)c1ccc(C(=O)NCc2cc(F)cc(F)c2)s1. The molecular weight excluding hydrogens is 302 g/mol. The summed E-state index contributed by atoms with van der Waals surface area (Å²) in [5.41, 5.74) is 1.74. The highest BCUT2D eigenvalue weighted by molar-refractivity contribution is 7.15. The Balaban J connectivity index is 2.01. The zero-order chi connectivity index (χ0) is 15.4. The number of amides is 2. The van der Waals surface area contributed by atoms with Gasteiger partial charge in [-0.05, 0) is 29.8 Å². The van der Waals surface area contributed by atoms with Gasteiger partial charge in [-0.2, -0.15) is 0 Å². The summed E-state index contributed by atoms with van der Waals surface area (Å²) >= 11 is 0.883. The average Bonchev–Trinajstić information content (AvgIpc) is 2.92. The summed E-state index contributed by atoms with van der Waals surface area (Å²) in [7, 11) is 0. The highest BCUT2D eigenvalue weighted by Crippen LogP contribution is 2.16. The zero-order valence-electron chi connectivity index (χ0n) is 10.5. The highest BCUT2D eigenvalue weighted by atomic mass is 32.1. The molecule has 2 aromatic rings. The maximum Gasteiger partial charge on any atom is 0.284 e. The number of hydrogen-bond donors (Lipinski definition) is 3. The lowest BCUT2D eigenvalue weighted by atomic mass is 10.2. The standard InChI is InChI=1S/C13H10F2N2O3S/c14-8-3-7(4-9(15)5-8)6-16-12(18)10-1-2-11(21-10)13(19)17-20/h1-5,20H,6H2,(H,16,18)(H,17,19). The molecule has 0 saturated heterocycles. The van der Waals surface area contributed by atoms with Gasteiger partial charge in [-0.25, -0.2) is 14.3 Å². The lowest BCUT2D eigenvalue weighted by Crippen LogP contribution is -2.22. The molecule has 1 aromatic carbocycles. The number of thiophene rings is 1. The van der Waals surface area contributed by atoms with Gasteiger partial charge in [0.25, 0.3) is 11.8 Å². The van der Waals surface area contributed by atoms with Crippen molar-refractivity contribution in [1.82, 2.24) is 10.8 Å². The van der Waals surface area contributed by atoms with Crippen molar-refractivity contribution in [2.45, 2.75) is 6.54 Å². The van der Waals surface area contributed by atoms with Crippen LogP contribution in [0.5, 0.6) is 0 Å². The third-order valence-corrected chi connectivity index (χ3v) is 3.61. The number of halogens is 2. The van der Waals surface area contributed by atoms with Gasteiger partial charge in [-0.15, -0.1) is 11.3 Å². The second-order valence-electron chi connectivity index (χ2n) is 4.07. The second kappa shape index (κ2) is 6.42. The molecule has 1 aromatic heterocycles. The van der Waals surface area contributed by atoms with Crippen molar-refractivity contribution in [3.63, 3.8) is 0 Å². The van der Waals surface area contributed by atoms with Gasteiger partial charge in [0.1, 0.15) is 11.6 Å². The van der Waals surface area contributed by atoms with Gasteiger partial charge in [0, 0.05) is 12.6 Å². The van der Waals surface area contributed by atoms with E-state index in [4.69, 9.17) is 5.21 Å². The molecule has 0 bridgehead atoms. The molecule has 2 rings (SSSR count). The molecule has 0 spiro atoms. The van der Waals surface area contributed by atoms with Crippen LogP contribution >= 0.6 is 11.3 Å². The third kappa shape index (κ3) is 3.83. The number of rotatable bonds is 4. The summed E-state index contributed by atoms with van der Waals surface area (Å²) in [6, 6.07) is 5.76. The molecule has 8 heteroatoms. The fourth-order valence-corrected chi connectivity index (χ4v) is 2.43. The summed E-state index contributed by atoms with van der Waals surface area (Å²) in [5, 5.41) is 11.0. The van der Waals surface area contributed by atoms with E-state index < -0.39 is 23.4 Å². The van der Waals surface area contributed by atoms with Crippen molar-refractivity contribution in [1.29, 1.82) is 0 Å². The quantitative estimate of drug-likeness (QED) is 0.597. The lowest BCUT2D eigenvalue weighted by Gasteiger charge is -2.04. The number of carbonyl (C=O) groups is 2. The normalized spacial score (nSPS) is 10.2. The number of hydrogen-bond acceptors (Lipinski definition) is 4. The zero-order valence-corrected chi connectivity index (χ0v) is 11.3. The Morgan fingerprint density at radius 1 is 1.05 bits per heavy atom. The Bertz CT molecular complexity index is 668.